The number of ether oxygens (including phenoxy) is 1. The number of carbonyl (C=O) groups is 1. The molecular formula is C23H33N5O4. The Morgan fingerprint density at radius 3 is 2.69 bits per heavy atom. The topological polar surface area (TPSA) is 128 Å². The molecule has 1 aliphatic carbocycles. The number of carbonyl (C=O) groups excluding carboxylic acids is 1. The van der Waals surface area contributed by atoms with E-state index >= 15 is 0 Å². The molecule has 0 spiro atoms. The Bertz CT molecular complexity index is 989. The second-order valence-corrected chi connectivity index (χ2v) is 9.04. The lowest BCUT2D eigenvalue weighted by molar-refractivity contribution is -0.138. The number of nitrogens with two attached hydrogens (primary N) is 1. The van der Waals surface area contributed by atoms with Crippen molar-refractivity contribution in [2.75, 3.05) is 6.54 Å². The van der Waals surface area contributed by atoms with E-state index < -0.39 is 18.4 Å². The average Bonchev–Trinajstić information content (AvgIpc) is 3.44. The molecule has 2 aromatic rings. The Labute approximate surface area is 187 Å². The predicted octanol–water partition coefficient (Wildman–Crippen LogP) is 1.44. The van der Waals surface area contributed by atoms with Gasteiger partial charge >= 0.3 is 0 Å². The van der Waals surface area contributed by atoms with E-state index in [2.05, 4.69) is 17.0 Å². The molecule has 3 heterocycles. The third-order valence-corrected chi connectivity index (χ3v) is 6.64. The van der Waals surface area contributed by atoms with E-state index in [4.69, 9.17) is 10.5 Å². The number of aliphatic hydroxyl groups excluding tert-OH is 2. The normalized spacial score (nSPS) is 28.1. The molecule has 0 radical (unpaired) electrons. The molecule has 9 heteroatoms. The largest absolute Gasteiger partial charge is 0.399 e. The molecule has 1 amide bonds. The van der Waals surface area contributed by atoms with Gasteiger partial charge in [0.25, 0.3) is 5.91 Å². The number of aryl methyl sites for hydroxylation is 1. The van der Waals surface area contributed by atoms with Crippen LogP contribution >= 0.6 is 0 Å². The average molecular weight is 444 g/mol. The first-order valence-corrected chi connectivity index (χ1v) is 11.2. The summed E-state index contributed by atoms with van der Waals surface area (Å²) >= 11 is 0. The highest BCUT2D eigenvalue weighted by atomic mass is 16.5. The van der Waals surface area contributed by atoms with E-state index in [0.717, 1.165) is 48.2 Å². The van der Waals surface area contributed by atoms with Gasteiger partial charge < -0.3 is 30.6 Å². The van der Waals surface area contributed by atoms with Gasteiger partial charge in [0, 0.05) is 54.9 Å². The molecule has 0 aromatic carbocycles. The minimum Gasteiger partial charge on any atom is -0.399 e. The molecule has 3 atom stereocenters. The molecule has 32 heavy (non-hydrogen) atoms. The monoisotopic (exact) mass is 443 g/mol. The molecule has 0 bridgehead atoms. The van der Waals surface area contributed by atoms with Crippen molar-refractivity contribution in [3.63, 3.8) is 0 Å². The molecule has 1 saturated heterocycles. The van der Waals surface area contributed by atoms with Crippen LogP contribution in [-0.2, 0) is 16.6 Å². The van der Waals surface area contributed by atoms with Crippen molar-refractivity contribution in [3.05, 3.63) is 36.3 Å². The first kappa shape index (κ1) is 22.6. The maximum Gasteiger partial charge on any atom is 0.251 e. The fourth-order valence-electron chi connectivity index (χ4n) is 4.84. The molecule has 1 aliphatic heterocycles. The van der Waals surface area contributed by atoms with Crippen molar-refractivity contribution >= 4 is 11.6 Å². The van der Waals surface area contributed by atoms with Gasteiger partial charge in [-0.05, 0) is 44.6 Å². The van der Waals surface area contributed by atoms with Crippen LogP contribution in [0.4, 0.5) is 0 Å². The SMILES string of the molecule is C=C(N)c1c(-c2ccn(C)n2)cn([C@H]2C[C@H](O)[C@@H](C(=O)NC[C@H]3CC[C@H](O)CC3)O2)c1C. The van der Waals surface area contributed by atoms with E-state index in [1.54, 1.807) is 4.68 Å². The van der Waals surface area contributed by atoms with Gasteiger partial charge in [0.1, 0.15) is 6.23 Å². The molecule has 4 rings (SSSR count). The van der Waals surface area contributed by atoms with Gasteiger partial charge in [-0.1, -0.05) is 6.58 Å². The summed E-state index contributed by atoms with van der Waals surface area (Å²) in [4.78, 5) is 12.7. The molecule has 9 nitrogen and oxygen atoms in total. The third-order valence-electron chi connectivity index (χ3n) is 6.64. The minimum absolute atomic E-state index is 0.224. The summed E-state index contributed by atoms with van der Waals surface area (Å²) in [6, 6.07) is 1.90. The summed E-state index contributed by atoms with van der Waals surface area (Å²) in [6.45, 7) is 6.36. The Kier molecular flexibility index (Phi) is 6.41. The molecule has 2 fully saturated rings. The molecule has 2 aromatic heterocycles. The van der Waals surface area contributed by atoms with E-state index in [0.29, 0.717) is 24.6 Å². The maximum absolute atomic E-state index is 12.7. The second-order valence-electron chi connectivity index (χ2n) is 9.04. The fraction of sp³-hybridized carbons (Fsp3) is 0.565. The summed E-state index contributed by atoms with van der Waals surface area (Å²) in [7, 11) is 1.85. The lowest BCUT2D eigenvalue weighted by atomic mass is 9.87. The van der Waals surface area contributed by atoms with Crippen LogP contribution in [0.5, 0.6) is 0 Å². The number of hydrogen-bond donors (Lipinski definition) is 4. The predicted molar refractivity (Wildman–Crippen MR) is 120 cm³/mol. The highest BCUT2D eigenvalue weighted by molar-refractivity contribution is 5.82. The summed E-state index contributed by atoms with van der Waals surface area (Å²) in [5, 5.41) is 27.6. The standard InChI is InChI=1S/C23H33N5O4/c1-13(24)21-14(2)28(12-17(21)18-8-9-27(3)26-18)20-10-19(30)22(32-20)23(31)25-11-15-4-6-16(29)7-5-15/h8-9,12,15-16,19-20,22,29-30H,1,4-7,10-11,24H2,2-3H3,(H,25,31)/t15-,16-,19-,20+,22-/m0/s1. The third kappa shape index (κ3) is 4.46. The summed E-state index contributed by atoms with van der Waals surface area (Å²) in [5.74, 6) is 0.0479. The van der Waals surface area contributed by atoms with Crippen LogP contribution in [0.2, 0.25) is 0 Å². The summed E-state index contributed by atoms with van der Waals surface area (Å²) < 4.78 is 9.63. The van der Waals surface area contributed by atoms with Crippen LogP contribution in [0.25, 0.3) is 17.0 Å². The van der Waals surface area contributed by atoms with E-state index in [1.807, 2.05) is 37.0 Å². The van der Waals surface area contributed by atoms with Crippen LogP contribution < -0.4 is 11.1 Å². The molecule has 1 saturated carbocycles. The van der Waals surface area contributed by atoms with Crippen molar-refractivity contribution in [2.24, 2.45) is 18.7 Å². The number of hydrogen-bond acceptors (Lipinski definition) is 6. The smallest absolute Gasteiger partial charge is 0.251 e. The Morgan fingerprint density at radius 2 is 2.06 bits per heavy atom. The number of nitrogens with zero attached hydrogens (tertiary/aromatic N) is 3. The zero-order chi connectivity index (χ0) is 23.0. The first-order valence-electron chi connectivity index (χ1n) is 11.2. The van der Waals surface area contributed by atoms with E-state index in [-0.39, 0.29) is 12.0 Å². The van der Waals surface area contributed by atoms with Gasteiger partial charge in [-0.25, -0.2) is 0 Å². The fourth-order valence-corrected chi connectivity index (χ4v) is 4.84. The van der Waals surface area contributed by atoms with Gasteiger partial charge in [-0.3, -0.25) is 9.48 Å². The van der Waals surface area contributed by atoms with Gasteiger partial charge in [0.05, 0.1) is 17.9 Å². The zero-order valence-corrected chi connectivity index (χ0v) is 18.7. The quantitative estimate of drug-likeness (QED) is 0.535. The Morgan fingerprint density at radius 1 is 1.34 bits per heavy atom. The van der Waals surface area contributed by atoms with Crippen molar-refractivity contribution in [1.29, 1.82) is 0 Å². The second kappa shape index (κ2) is 9.09. The zero-order valence-electron chi connectivity index (χ0n) is 18.7. The number of amides is 1. The Hall–Kier alpha value is -2.62. The molecule has 174 valence electrons. The number of rotatable bonds is 6. The van der Waals surface area contributed by atoms with Crippen LogP contribution in [0.3, 0.4) is 0 Å². The molecule has 2 aliphatic rings. The van der Waals surface area contributed by atoms with Crippen molar-refractivity contribution in [2.45, 2.75) is 63.6 Å². The van der Waals surface area contributed by atoms with Gasteiger partial charge in [0.15, 0.2) is 6.10 Å². The van der Waals surface area contributed by atoms with Crippen LogP contribution in [-0.4, -0.2) is 55.3 Å². The minimum atomic E-state index is -0.932. The lowest BCUT2D eigenvalue weighted by Gasteiger charge is -2.26. The maximum atomic E-state index is 12.7. The van der Waals surface area contributed by atoms with Crippen LogP contribution in [0.15, 0.2) is 25.0 Å². The van der Waals surface area contributed by atoms with E-state index in [1.165, 1.54) is 0 Å². The van der Waals surface area contributed by atoms with Gasteiger partial charge in [-0.2, -0.15) is 5.10 Å². The number of nitrogens with one attached hydrogen (secondary N) is 1. The number of aromatic nitrogens is 3. The number of aliphatic hydroxyl groups is 2. The van der Waals surface area contributed by atoms with Crippen molar-refractivity contribution in [3.8, 4) is 11.3 Å². The molecule has 5 N–H and O–H groups in total. The highest BCUT2D eigenvalue weighted by Gasteiger charge is 2.40. The lowest BCUT2D eigenvalue weighted by Crippen LogP contribution is -2.42. The van der Waals surface area contributed by atoms with Crippen molar-refractivity contribution < 1.29 is 19.7 Å². The highest BCUT2D eigenvalue weighted by Crippen LogP contribution is 2.36. The first-order chi connectivity index (χ1) is 15.2. The van der Waals surface area contributed by atoms with Crippen LogP contribution in [0, 0.1) is 12.8 Å². The summed E-state index contributed by atoms with van der Waals surface area (Å²) in [5.41, 5.74) is 9.73. The molecular weight excluding hydrogens is 410 g/mol. The van der Waals surface area contributed by atoms with Gasteiger partial charge in [-0.15, -0.1) is 0 Å². The van der Waals surface area contributed by atoms with Crippen molar-refractivity contribution in [1.82, 2.24) is 19.7 Å². The van der Waals surface area contributed by atoms with Crippen LogP contribution in [0.1, 0.15) is 49.6 Å². The van der Waals surface area contributed by atoms with Gasteiger partial charge in [0.2, 0.25) is 0 Å². The van der Waals surface area contributed by atoms with E-state index in [9.17, 15) is 15.0 Å². The Balaban J connectivity index is 1.47. The molecule has 0 unspecified atom stereocenters. The summed E-state index contributed by atoms with van der Waals surface area (Å²) in [6.07, 6.45) is 4.81.